The largest absolute Gasteiger partial charge is 0.466 e. The van der Waals surface area contributed by atoms with Crippen LogP contribution in [0.15, 0.2) is 18.2 Å². The second kappa shape index (κ2) is 4.94. The van der Waals surface area contributed by atoms with Crippen molar-refractivity contribution in [2.24, 2.45) is 0 Å². The molecular weight excluding hydrogens is 219 g/mol. The monoisotopic (exact) mass is 228 g/mol. The van der Waals surface area contributed by atoms with Gasteiger partial charge in [0.15, 0.2) is 0 Å². The van der Waals surface area contributed by atoms with Gasteiger partial charge in [-0.25, -0.2) is 9.18 Å². The van der Waals surface area contributed by atoms with Gasteiger partial charge in [-0.3, -0.25) is 0 Å². The molecule has 0 aliphatic heterocycles. The molecule has 0 bridgehead atoms. The van der Waals surface area contributed by atoms with E-state index in [2.05, 4.69) is 4.74 Å². The van der Waals surface area contributed by atoms with E-state index < -0.39 is 5.97 Å². The lowest BCUT2D eigenvalue weighted by molar-refractivity contribution is -0.134. The minimum absolute atomic E-state index is 0.357. The van der Waals surface area contributed by atoms with Gasteiger partial charge in [0.05, 0.1) is 7.11 Å². The molecule has 0 heterocycles. The Bertz CT molecular complexity index is 413. The molecular formula is C11H10ClFO2. The quantitative estimate of drug-likeness (QED) is 0.575. The lowest BCUT2D eigenvalue weighted by Gasteiger charge is -2.01. The SMILES string of the molecule is COC(=O)C=Cc1cc(F)c(C)cc1Cl. The molecule has 0 aliphatic rings. The predicted molar refractivity (Wildman–Crippen MR) is 57.2 cm³/mol. The Morgan fingerprint density at radius 1 is 1.53 bits per heavy atom. The Morgan fingerprint density at radius 3 is 2.80 bits per heavy atom. The van der Waals surface area contributed by atoms with Crippen LogP contribution in [0.25, 0.3) is 6.08 Å². The molecule has 2 nitrogen and oxygen atoms in total. The topological polar surface area (TPSA) is 26.3 Å². The van der Waals surface area contributed by atoms with E-state index in [4.69, 9.17) is 11.6 Å². The van der Waals surface area contributed by atoms with E-state index >= 15 is 0 Å². The molecule has 0 saturated heterocycles. The third-order valence-electron chi connectivity index (χ3n) is 1.88. The fraction of sp³-hybridized carbons (Fsp3) is 0.182. The van der Waals surface area contributed by atoms with Gasteiger partial charge in [0, 0.05) is 11.1 Å². The summed E-state index contributed by atoms with van der Waals surface area (Å²) in [4.78, 5) is 10.8. The summed E-state index contributed by atoms with van der Waals surface area (Å²) in [5.74, 6) is -0.865. The van der Waals surface area contributed by atoms with E-state index in [-0.39, 0.29) is 5.82 Å². The molecule has 0 spiro atoms. The van der Waals surface area contributed by atoms with Crippen molar-refractivity contribution in [3.05, 3.63) is 40.2 Å². The van der Waals surface area contributed by atoms with Crippen molar-refractivity contribution in [2.45, 2.75) is 6.92 Å². The average Bonchev–Trinajstić information content (AvgIpc) is 2.21. The van der Waals surface area contributed by atoms with E-state index in [9.17, 15) is 9.18 Å². The van der Waals surface area contributed by atoms with E-state index in [1.807, 2.05) is 0 Å². The van der Waals surface area contributed by atoms with Gasteiger partial charge in [0.25, 0.3) is 0 Å². The molecule has 1 rings (SSSR count). The van der Waals surface area contributed by atoms with Crippen LogP contribution in [0.1, 0.15) is 11.1 Å². The lowest BCUT2D eigenvalue weighted by atomic mass is 10.1. The summed E-state index contributed by atoms with van der Waals surface area (Å²) in [7, 11) is 1.27. The summed E-state index contributed by atoms with van der Waals surface area (Å²) in [6, 6.07) is 2.78. The summed E-state index contributed by atoms with van der Waals surface area (Å²) in [6.45, 7) is 1.62. The molecule has 80 valence electrons. The van der Waals surface area contributed by atoms with Gasteiger partial charge in [-0.1, -0.05) is 11.6 Å². The van der Waals surface area contributed by atoms with Crippen LogP contribution in [0.4, 0.5) is 4.39 Å². The Hall–Kier alpha value is -1.35. The maximum Gasteiger partial charge on any atom is 0.330 e. The molecule has 0 aliphatic carbocycles. The molecule has 4 heteroatoms. The molecule has 0 fully saturated rings. The van der Waals surface area contributed by atoms with Gasteiger partial charge in [-0.05, 0) is 36.3 Å². The molecule has 0 N–H and O–H groups in total. The summed E-state index contributed by atoms with van der Waals surface area (Å²) >= 11 is 5.86. The summed E-state index contributed by atoms with van der Waals surface area (Å²) in [6.07, 6.45) is 2.60. The highest BCUT2D eigenvalue weighted by atomic mass is 35.5. The van der Waals surface area contributed by atoms with Gasteiger partial charge in [0.1, 0.15) is 5.82 Å². The van der Waals surface area contributed by atoms with Crippen LogP contribution in [-0.2, 0) is 9.53 Å². The van der Waals surface area contributed by atoms with Gasteiger partial charge in [-0.15, -0.1) is 0 Å². The number of rotatable bonds is 2. The number of hydrogen-bond donors (Lipinski definition) is 0. The Kier molecular flexibility index (Phi) is 3.86. The first-order valence-electron chi connectivity index (χ1n) is 4.26. The lowest BCUT2D eigenvalue weighted by Crippen LogP contribution is -1.93. The van der Waals surface area contributed by atoms with E-state index in [0.717, 1.165) is 0 Å². The van der Waals surface area contributed by atoms with Crippen molar-refractivity contribution in [1.82, 2.24) is 0 Å². The average molecular weight is 229 g/mol. The Balaban J connectivity index is 3.00. The molecule has 0 amide bonds. The second-order valence-corrected chi connectivity index (χ2v) is 3.39. The number of carbonyl (C=O) groups is 1. The fourth-order valence-electron chi connectivity index (χ4n) is 1.02. The zero-order valence-corrected chi connectivity index (χ0v) is 9.14. The van der Waals surface area contributed by atoms with Crippen molar-refractivity contribution >= 4 is 23.6 Å². The number of esters is 1. The number of methoxy groups -OCH3 is 1. The molecule has 0 unspecified atom stereocenters. The summed E-state index contributed by atoms with van der Waals surface area (Å²) < 4.78 is 17.6. The van der Waals surface area contributed by atoms with Crippen LogP contribution < -0.4 is 0 Å². The van der Waals surface area contributed by atoms with Crippen molar-refractivity contribution in [2.75, 3.05) is 7.11 Å². The van der Waals surface area contributed by atoms with Crippen molar-refractivity contribution in [1.29, 1.82) is 0 Å². The molecule has 15 heavy (non-hydrogen) atoms. The molecule has 0 atom stereocenters. The highest BCUT2D eigenvalue weighted by molar-refractivity contribution is 6.32. The maximum atomic E-state index is 13.2. The summed E-state index contributed by atoms with van der Waals surface area (Å²) in [5.41, 5.74) is 0.917. The first kappa shape index (κ1) is 11.7. The molecule has 0 aromatic heterocycles. The van der Waals surface area contributed by atoms with E-state index in [0.29, 0.717) is 16.1 Å². The number of aryl methyl sites for hydroxylation is 1. The van der Waals surface area contributed by atoms with Crippen LogP contribution in [0, 0.1) is 12.7 Å². The second-order valence-electron chi connectivity index (χ2n) is 2.98. The van der Waals surface area contributed by atoms with Crippen LogP contribution in [-0.4, -0.2) is 13.1 Å². The molecule has 1 aromatic carbocycles. The van der Waals surface area contributed by atoms with E-state index in [1.54, 1.807) is 6.92 Å². The standard InChI is InChI=1S/C11H10ClFO2/c1-7-5-9(12)8(6-10(7)13)3-4-11(14)15-2/h3-6H,1-2H3. The van der Waals surface area contributed by atoms with Crippen LogP contribution in [0.2, 0.25) is 5.02 Å². The minimum atomic E-state index is -0.507. The van der Waals surface area contributed by atoms with Crippen molar-refractivity contribution in [3.8, 4) is 0 Å². The third-order valence-corrected chi connectivity index (χ3v) is 2.21. The van der Waals surface area contributed by atoms with Crippen LogP contribution in [0.3, 0.4) is 0 Å². The Labute approximate surface area is 92.3 Å². The number of halogens is 2. The van der Waals surface area contributed by atoms with E-state index in [1.165, 1.54) is 31.4 Å². The zero-order chi connectivity index (χ0) is 11.4. The van der Waals surface area contributed by atoms with Crippen LogP contribution in [0.5, 0.6) is 0 Å². The first-order chi connectivity index (χ1) is 7.04. The maximum absolute atomic E-state index is 13.2. The fourth-order valence-corrected chi connectivity index (χ4v) is 1.30. The van der Waals surface area contributed by atoms with Gasteiger partial charge < -0.3 is 4.74 Å². The number of ether oxygens (including phenoxy) is 1. The molecule has 0 radical (unpaired) electrons. The Morgan fingerprint density at radius 2 is 2.20 bits per heavy atom. The highest BCUT2D eigenvalue weighted by Gasteiger charge is 2.03. The van der Waals surface area contributed by atoms with Gasteiger partial charge >= 0.3 is 5.97 Å². The zero-order valence-electron chi connectivity index (χ0n) is 8.38. The van der Waals surface area contributed by atoms with Crippen LogP contribution >= 0.6 is 11.6 Å². The summed E-state index contributed by atoms with van der Waals surface area (Å²) in [5, 5.41) is 0.397. The first-order valence-corrected chi connectivity index (χ1v) is 4.64. The number of carbonyl (C=O) groups excluding carboxylic acids is 1. The van der Waals surface area contributed by atoms with Crippen molar-refractivity contribution < 1.29 is 13.9 Å². The smallest absolute Gasteiger partial charge is 0.330 e. The number of hydrogen-bond acceptors (Lipinski definition) is 2. The third kappa shape index (κ3) is 3.06. The normalized spacial score (nSPS) is 10.7. The van der Waals surface area contributed by atoms with Crippen molar-refractivity contribution in [3.63, 3.8) is 0 Å². The molecule has 1 aromatic rings. The number of benzene rings is 1. The minimum Gasteiger partial charge on any atom is -0.466 e. The highest BCUT2D eigenvalue weighted by Crippen LogP contribution is 2.21. The predicted octanol–water partition coefficient (Wildman–Crippen LogP) is 2.97. The van der Waals surface area contributed by atoms with Gasteiger partial charge in [0.2, 0.25) is 0 Å². The molecule has 0 saturated carbocycles. The van der Waals surface area contributed by atoms with Gasteiger partial charge in [-0.2, -0.15) is 0 Å².